The van der Waals surface area contributed by atoms with Crippen LogP contribution in [0.4, 0.5) is 0 Å². The molecule has 0 spiro atoms. The Balaban J connectivity index is 1.66. The topological polar surface area (TPSA) is 74.6 Å². The summed E-state index contributed by atoms with van der Waals surface area (Å²) >= 11 is 0. The third-order valence-electron chi connectivity index (χ3n) is 11.2. The maximum Gasteiger partial charge on any atom is 0.330 e. The highest BCUT2D eigenvalue weighted by Gasteiger charge is 2.66. The molecule has 0 aliphatic heterocycles. The standard InChI is InChI=1S/C30H44O4/c1-18(9-8-10-19(2)26(33)34)22-17-25(32)30(7)21-11-12-23-27(3,4)24(31)14-15-28(23,5)20(21)13-16-29(22,30)6/h10-11,13,18,22-23,25,32H,8-9,12,14-17H2,1-7H3,(H,33,34)/t18-,22-,23?,25+,28-,29-,30-/m1/s1. The quantitative estimate of drug-likeness (QED) is 0.452. The lowest BCUT2D eigenvalue weighted by Crippen LogP contribution is -2.54. The number of aliphatic carboxylic acids is 1. The van der Waals surface area contributed by atoms with Crippen LogP contribution < -0.4 is 0 Å². The lowest BCUT2D eigenvalue weighted by atomic mass is 9.44. The monoisotopic (exact) mass is 468 g/mol. The maximum atomic E-state index is 12.8. The van der Waals surface area contributed by atoms with Crippen molar-refractivity contribution in [2.24, 2.45) is 39.4 Å². The van der Waals surface area contributed by atoms with Crippen molar-refractivity contribution in [1.82, 2.24) is 0 Å². The number of hydrogen-bond acceptors (Lipinski definition) is 3. The van der Waals surface area contributed by atoms with E-state index in [1.165, 1.54) is 11.1 Å². The molecule has 4 aliphatic carbocycles. The molecule has 0 aromatic carbocycles. The van der Waals surface area contributed by atoms with Crippen molar-refractivity contribution in [3.05, 3.63) is 34.9 Å². The van der Waals surface area contributed by atoms with Gasteiger partial charge in [-0.15, -0.1) is 0 Å². The van der Waals surface area contributed by atoms with Gasteiger partial charge in [0.25, 0.3) is 0 Å². The van der Waals surface area contributed by atoms with E-state index in [4.69, 9.17) is 5.11 Å². The Hall–Kier alpha value is -1.68. The van der Waals surface area contributed by atoms with E-state index in [9.17, 15) is 14.7 Å². The Morgan fingerprint density at radius 2 is 1.85 bits per heavy atom. The van der Waals surface area contributed by atoms with Gasteiger partial charge in [-0.05, 0) is 85.2 Å². The molecule has 2 saturated carbocycles. The zero-order valence-electron chi connectivity index (χ0n) is 22.2. The molecule has 34 heavy (non-hydrogen) atoms. The molecule has 0 radical (unpaired) electrons. The Morgan fingerprint density at radius 1 is 1.18 bits per heavy atom. The van der Waals surface area contributed by atoms with Gasteiger partial charge in [0.2, 0.25) is 0 Å². The van der Waals surface area contributed by atoms with E-state index in [1.807, 2.05) is 6.08 Å². The second kappa shape index (κ2) is 8.18. The molecule has 4 heteroatoms. The van der Waals surface area contributed by atoms with Gasteiger partial charge in [-0.3, -0.25) is 4.79 Å². The number of rotatable bonds is 5. The first kappa shape index (κ1) is 25.4. The molecule has 0 bridgehead atoms. The van der Waals surface area contributed by atoms with Crippen LogP contribution in [0.25, 0.3) is 0 Å². The lowest BCUT2D eigenvalue weighted by molar-refractivity contribution is -0.138. The smallest absolute Gasteiger partial charge is 0.330 e. The zero-order valence-corrected chi connectivity index (χ0v) is 22.2. The zero-order chi connectivity index (χ0) is 25.3. The van der Waals surface area contributed by atoms with Crippen molar-refractivity contribution in [3.63, 3.8) is 0 Å². The number of fused-ring (bicyclic) bond motifs is 5. The van der Waals surface area contributed by atoms with Crippen LogP contribution in [0.5, 0.6) is 0 Å². The fourth-order valence-electron chi connectivity index (χ4n) is 8.60. The summed E-state index contributed by atoms with van der Waals surface area (Å²) in [6, 6.07) is 0. The number of hydrogen-bond donors (Lipinski definition) is 2. The van der Waals surface area contributed by atoms with Crippen molar-refractivity contribution in [2.45, 2.75) is 99.5 Å². The minimum Gasteiger partial charge on any atom is -0.478 e. The summed E-state index contributed by atoms with van der Waals surface area (Å²) in [7, 11) is 0. The highest BCUT2D eigenvalue weighted by molar-refractivity contribution is 5.86. The van der Waals surface area contributed by atoms with Gasteiger partial charge >= 0.3 is 5.97 Å². The predicted molar refractivity (Wildman–Crippen MR) is 135 cm³/mol. The fraction of sp³-hybridized carbons (Fsp3) is 0.733. The lowest BCUT2D eigenvalue weighted by Gasteiger charge is -2.60. The summed E-state index contributed by atoms with van der Waals surface area (Å²) in [6.07, 6.45) is 12.2. The summed E-state index contributed by atoms with van der Waals surface area (Å²) < 4.78 is 0. The minimum atomic E-state index is -0.850. The second-order valence-corrected chi connectivity index (χ2v) is 13.0. The van der Waals surface area contributed by atoms with E-state index in [1.54, 1.807) is 6.92 Å². The van der Waals surface area contributed by atoms with Crippen molar-refractivity contribution in [2.75, 3.05) is 0 Å². The van der Waals surface area contributed by atoms with Gasteiger partial charge in [0.15, 0.2) is 0 Å². The van der Waals surface area contributed by atoms with Gasteiger partial charge in [-0.2, -0.15) is 0 Å². The van der Waals surface area contributed by atoms with Gasteiger partial charge in [0.05, 0.1) is 6.10 Å². The molecule has 4 aliphatic rings. The van der Waals surface area contributed by atoms with Gasteiger partial charge < -0.3 is 10.2 Å². The van der Waals surface area contributed by atoms with E-state index in [0.29, 0.717) is 35.5 Å². The molecule has 4 nitrogen and oxygen atoms in total. The number of carbonyl (C=O) groups excluding carboxylic acids is 1. The van der Waals surface area contributed by atoms with Crippen LogP contribution in [-0.4, -0.2) is 28.1 Å². The molecule has 2 fully saturated rings. The van der Waals surface area contributed by atoms with Crippen LogP contribution in [0.2, 0.25) is 0 Å². The molecule has 2 N–H and O–H groups in total. The third kappa shape index (κ3) is 3.34. The van der Waals surface area contributed by atoms with E-state index in [-0.39, 0.29) is 21.7 Å². The van der Waals surface area contributed by atoms with E-state index in [2.05, 4.69) is 53.7 Å². The first-order chi connectivity index (χ1) is 15.7. The van der Waals surface area contributed by atoms with Gasteiger partial charge in [-0.25, -0.2) is 4.79 Å². The Kier molecular flexibility index (Phi) is 6.12. The summed E-state index contributed by atoms with van der Waals surface area (Å²) in [6.45, 7) is 15.2. The molecule has 188 valence electrons. The summed E-state index contributed by atoms with van der Waals surface area (Å²) in [5.74, 6) is 0.618. The largest absolute Gasteiger partial charge is 0.478 e. The van der Waals surface area contributed by atoms with Crippen LogP contribution >= 0.6 is 0 Å². The molecule has 0 aromatic heterocycles. The van der Waals surface area contributed by atoms with E-state index >= 15 is 0 Å². The normalized spacial score (nSPS) is 42.2. The summed E-state index contributed by atoms with van der Waals surface area (Å²) in [4.78, 5) is 23.9. The molecular formula is C30H44O4. The Morgan fingerprint density at radius 3 is 2.50 bits per heavy atom. The summed E-state index contributed by atoms with van der Waals surface area (Å²) in [5, 5.41) is 20.8. The van der Waals surface area contributed by atoms with Crippen molar-refractivity contribution >= 4 is 11.8 Å². The number of Topliss-reactive ketones (excluding diaryl/α,β-unsaturated/α-hetero) is 1. The number of allylic oxidation sites excluding steroid dienone is 4. The summed E-state index contributed by atoms with van der Waals surface area (Å²) in [5.41, 5.74) is 2.46. The van der Waals surface area contributed by atoms with Crippen molar-refractivity contribution in [1.29, 1.82) is 0 Å². The van der Waals surface area contributed by atoms with Crippen LogP contribution in [0.3, 0.4) is 0 Å². The van der Waals surface area contributed by atoms with Crippen molar-refractivity contribution in [3.8, 4) is 0 Å². The molecule has 0 aromatic rings. The van der Waals surface area contributed by atoms with Crippen LogP contribution in [0.15, 0.2) is 34.9 Å². The third-order valence-corrected chi connectivity index (χ3v) is 11.2. The number of carboxylic acid groups (broad SMARTS) is 1. The van der Waals surface area contributed by atoms with Crippen LogP contribution in [-0.2, 0) is 9.59 Å². The van der Waals surface area contributed by atoms with Gasteiger partial charge in [0.1, 0.15) is 5.78 Å². The molecule has 0 saturated heterocycles. The SMILES string of the molecule is CC(=CCC[C@@H](C)[C@H]1C[C@H](O)[C@@]2(C)C3=CCC4C(C)(C)C(=O)CC[C@]4(C)C3=CC[C@]12C)C(=O)O. The van der Waals surface area contributed by atoms with Crippen LogP contribution in [0, 0.1) is 39.4 Å². The molecule has 0 heterocycles. The predicted octanol–water partition coefficient (Wildman–Crippen LogP) is 6.50. The second-order valence-electron chi connectivity index (χ2n) is 13.0. The molecular weight excluding hydrogens is 424 g/mol. The molecule has 4 rings (SSSR count). The number of carbonyl (C=O) groups is 2. The minimum absolute atomic E-state index is 0.0194. The highest BCUT2D eigenvalue weighted by Crippen LogP contribution is 2.71. The average Bonchev–Trinajstić information content (AvgIpc) is 2.98. The first-order valence-electron chi connectivity index (χ1n) is 13.2. The molecule has 0 amide bonds. The average molecular weight is 469 g/mol. The highest BCUT2D eigenvalue weighted by atomic mass is 16.4. The Labute approximate surface area is 205 Å². The Bertz CT molecular complexity index is 984. The maximum absolute atomic E-state index is 12.8. The van der Waals surface area contributed by atoms with Gasteiger partial charge in [0, 0.05) is 22.8 Å². The van der Waals surface area contributed by atoms with Gasteiger partial charge in [-0.1, -0.05) is 59.8 Å². The van der Waals surface area contributed by atoms with Crippen LogP contribution in [0.1, 0.15) is 93.4 Å². The fourth-order valence-corrected chi connectivity index (χ4v) is 8.60. The van der Waals surface area contributed by atoms with Crippen molar-refractivity contribution < 1.29 is 19.8 Å². The first-order valence-corrected chi connectivity index (χ1v) is 13.2. The van der Waals surface area contributed by atoms with E-state index in [0.717, 1.165) is 38.5 Å². The number of carboxylic acids is 1. The van der Waals surface area contributed by atoms with E-state index < -0.39 is 12.1 Å². The number of aliphatic hydroxyl groups excluding tert-OH is 1. The molecule has 7 atom stereocenters. The number of ketones is 1. The number of aliphatic hydroxyl groups is 1. The molecule has 1 unspecified atom stereocenters.